The molecule has 1 aliphatic carbocycles. The van der Waals surface area contributed by atoms with Gasteiger partial charge in [0.15, 0.2) is 0 Å². The summed E-state index contributed by atoms with van der Waals surface area (Å²) < 4.78 is 5.83. The van der Waals surface area contributed by atoms with Gasteiger partial charge in [0.2, 0.25) is 0 Å². The van der Waals surface area contributed by atoms with Crippen LogP contribution in [0.3, 0.4) is 0 Å². The Bertz CT molecular complexity index is 235. The minimum absolute atomic E-state index is 0.388. The van der Waals surface area contributed by atoms with E-state index in [9.17, 15) is 0 Å². The van der Waals surface area contributed by atoms with Crippen molar-refractivity contribution in [3.63, 3.8) is 0 Å². The van der Waals surface area contributed by atoms with Crippen LogP contribution in [0, 0.1) is 11.3 Å². The van der Waals surface area contributed by atoms with Crippen molar-refractivity contribution in [2.24, 2.45) is 11.3 Å². The van der Waals surface area contributed by atoms with Crippen molar-refractivity contribution < 1.29 is 4.74 Å². The van der Waals surface area contributed by atoms with Gasteiger partial charge in [0, 0.05) is 18.5 Å². The minimum atomic E-state index is 0.388. The maximum absolute atomic E-state index is 5.83. The largest absolute Gasteiger partial charge is 0.378 e. The van der Waals surface area contributed by atoms with E-state index in [0.717, 1.165) is 12.5 Å². The van der Waals surface area contributed by atoms with Crippen LogP contribution in [0.25, 0.3) is 0 Å². The van der Waals surface area contributed by atoms with Crippen LogP contribution in [0.15, 0.2) is 0 Å². The van der Waals surface area contributed by atoms with Crippen LogP contribution in [0.2, 0.25) is 0 Å². The number of rotatable bonds is 7. The van der Waals surface area contributed by atoms with Crippen LogP contribution >= 0.6 is 0 Å². The first kappa shape index (κ1) is 13.4. The van der Waals surface area contributed by atoms with Crippen molar-refractivity contribution in [3.05, 3.63) is 0 Å². The third-order valence-corrected chi connectivity index (χ3v) is 4.31. The summed E-state index contributed by atoms with van der Waals surface area (Å²) in [7, 11) is 0. The van der Waals surface area contributed by atoms with E-state index < -0.39 is 0 Å². The Labute approximate surface area is 107 Å². The van der Waals surface area contributed by atoms with Gasteiger partial charge in [0.25, 0.3) is 0 Å². The van der Waals surface area contributed by atoms with Crippen LogP contribution in [-0.2, 0) is 4.74 Å². The van der Waals surface area contributed by atoms with Gasteiger partial charge < -0.3 is 9.64 Å². The molecule has 17 heavy (non-hydrogen) atoms. The maximum atomic E-state index is 5.83. The monoisotopic (exact) mass is 239 g/mol. The average molecular weight is 239 g/mol. The lowest BCUT2D eigenvalue weighted by atomic mass is 10.0. The van der Waals surface area contributed by atoms with Gasteiger partial charge >= 0.3 is 0 Å². The molecule has 2 aliphatic rings. The number of likely N-dealkylation sites (tertiary alicyclic amines) is 1. The molecule has 0 aromatic carbocycles. The lowest BCUT2D eigenvalue weighted by Gasteiger charge is -2.24. The summed E-state index contributed by atoms with van der Waals surface area (Å²) >= 11 is 0. The molecule has 0 radical (unpaired) electrons. The molecular formula is C15H29NO. The van der Waals surface area contributed by atoms with Crippen molar-refractivity contribution >= 4 is 0 Å². The molecule has 2 rings (SSSR count). The second kappa shape index (κ2) is 5.71. The van der Waals surface area contributed by atoms with Gasteiger partial charge in [-0.05, 0) is 52.0 Å². The summed E-state index contributed by atoms with van der Waals surface area (Å²) in [6.07, 6.45) is 7.35. The Morgan fingerprint density at radius 1 is 1.35 bits per heavy atom. The summed E-state index contributed by atoms with van der Waals surface area (Å²) in [6.45, 7) is 11.5. The van der Waals surface area contributed by atoms with E-state index in [1.54, 1.807) is 0 Å². The van der Waals surface area contributed by atoms with E-state index in [1.807, 2.05) is 0 Å². The summed E-state index contributed by atoms with van der Waals surface area (Å²) in [5.74, 6) is 0.974. The number of nitrogens with zero attached hydrogens (tertiary/aromatic N) is 1. The third-order valence-electron chi connectivity index (χ3n) is 4.31. The second-order valence-electron chi connectivity index (χ2n) is 6.54. The van der Waals surface area contributed by atoms with Crippen molar-refractivity contribution in [1.82, 2.24) is 4.90 Å². The van der Waals surface area contributed by atoms with Gasteiger partial charge in [-0.2, -0.15) is 0 Å². The van der Waals surface area contributed by atoms with Gasteiger partial charge in [0.05, 0.1) is 12.7 Å². The average Bonchev–Trinajstić information content (AvgIpc) is 2.90. The van der Waals surface area contributed by atoms with Crippen LogP contribution in [0.1, 0.15) is 52.9 Å². The highest BCUT2D eigenvalue weighted by atomic mass is 16.5. The van der Waals surface area contributed by atoms with Crippen LogP contribution < -0.4 is 0 Å². The summed E-state index contributed by atoms with van der Waals surface area (Å²) in [5.41, 5.74) is 0.533. The topological polar surface area (TPSA) is 12.5 Å². The molecule has 1 heterocycles. The smallest absolute Gasteiger partial charge is 0.0538 e. The van der Waals surface area contributed by atoms with Crippen molar-refractivity contribution in [1.29, 1.82) is 0 Å². The SMILES string of the molecule is CCC[C@H]1CCN(CC2(COC(C)C)CC2)C1. The maximum Gasteiger partial charge on any atom is 0.0538 e. The minimum Gasteiger partial charge on any atom is -0.378 e. The lowest BCUT2D eigenvalue weighted by molar-refractivity contribution is 0.0331. The second-order valence-corrected chi connectivity index (χ2v) is 6.54. The van der Waals surface area contributed by atoms with Crippen LogP contribution in [0.5, 0.6) is 0 Å². The Balaban J connectivity index is 1.70. The van der Waals surface area contributed by atoms with E-state index in [1.165, 1.54) is 51.7 Å². The molecular weight excluding hydrogens is 210 g/mol. The molecule has 0 amide bonds. The molecule has 0 aromatic rings. The van der Waals surface area contributed by atoms with Gasteiger partial charge in [-0.25, -0.2) is 0 Å². The molecule has 1 atom stereocenters. The molecule has 2 fully saturated rings. The Hall–Kier alpha value is -0.0800. The number of hydrogen-bond acceptors (Lipinski definition) is 2. The summed E-state index contributed by atoms with van der Waals surface area (Å²) in [5, 5.41) is 0. The van der Waals surface area contributed by atoms with E-state index in [0.29, 0.717) is 11.5 Å². The van der Waals surface area contributed by atoms with Crippen molar-refractivity contribution in [3.8, 4) is 0 Å². The van der Waals surface area contributed by atoms with Crippen LogP contribution in [0.4, 0.5) is 0 Å². The molecule has 2 heteroatoms. The molecule has 0 unspecified atom stereocenters. The first-order valence-corrected chi connectivity index (χ1v) is 7.47. The molecule has 0 bridgehead atoms. The highest BCUT2D eigenvalue weighted by molar-refractivity contribution is 4.96. The van der Waals surface area contributed by atoms with Crippen LogP contribution in [-0.4, -0.2) is 37.2 Å². The Morgan fingerprint density at radius 2 is 2.12 bits per heavy atom. The van der Waals surface area contributed by atoms with Crippen molar-refractivity contribution in [2.45, 2.75) is 59.0 Å². The van der Waals surface area contributed by atoms with Gasteiger partial charge in [-0.3, -0.25) is 0 Å². The zero-order valence-corrected chi connectivity index (χ0v) is 11.9. The fourth-order valence-electron chi connectivity index (χ4n) is 3.04. The molecule has 0 aromatic heterocycles. The van der Waals surface area contributed by atoms with Gasteiger partial charge in [-0.15, -0.1) is 0 Å². The summed E-state index contributed by atoms with van der Waals surface area (Å²) in [6, 6.07) is 0. The first-order chi connectivity index (χ1) is 8.13. The van der Waals surface area contributed by atoms with E-state index in [-0.39, 0.29) is 0 Å². The third kappa shape index (κ3) is 3.96. The predicted octanol–water partition coefficient (Wildman–Crippen LogP) is 3.31. The zero-order chi connectivity index (χ0) is 12.3. The van der Waals surface area contributed by atoms with E-state index >= 15 is 0 Å². The fraction of sp³-hybridized carbons (Fsp3) is 1.00. The standard InChI is InChI=1S/C15H29NO/c1-4-5-14-6-9-16(10-14)11-15(7-8-15)12-17-13(2)3/h13-14H,4-12H2,1-3H3/t14-/m0/s1. The molecule has 1 saturated heterocycles. The first-order valence-electron chi connectivity index (χ1n) is 7.47. The van der Waals surface area contributed by atoms with Gasteiger partial charge in [-0.1, -0.05) is 13.3 Å². The zero-order valence-electron chi connectivity index (χ0n) is 11.9. The molecule has 2 nitrogen and oxygen atoms in total. The number of ether oxygens (including phenoxy) is 1. The predicted molar refractivity (Wildman–Crippen MR) is 72.2 cm³/mol. The quantitative estimate of drug-likeness (QED) is 0.676. The Kier molecular flexibility index (Phi) is 4.48. The van der Waals surface area contributed by atoms with E-state index in [2.05, 4.69) is 25.7 Å². The molecule has 1 aliphatic heterocycles. The fourth-order valence-corrected chi connectivity index (χ4v) is 3.04. The van der Waals surface area contributed by atoms with E-state index in [4.69, 9.17) is 4.74 Å². The van der Waals surface area contributed by atoms with Crippen molar-refractivity contribution in [2.75, 3.05) is 26.2 Å². The van der Waals surface area contributed by atoms with Gasteiger partial charge in [0.1, 0.15) is 0 Å². The summed E-state index contributed by atoms with van der Waals surface area (Å²) in [4.78, 5) is 2.69. The lowest BCUT2D eigenvalue weighted by Crippen LogP contribution is -2.31. The Morgan fingerprint density at radius 3 is 2.71 bits per heavy atom. The highest BCUT2D eigenvalue weighted by Gasteiger charge is 2.45. The normalized spacial score (nSPS) is 27.9. The molecule has 0 spiro atoms. The number of hydrogen-bond donors (Lipinski definition) is 0. The molecule has 1 saturated carbocycles. The molecule has 0 N–H and O–H groups in total. The highest BCUT2D eigenvalue weighted by Crippen LogP contribution is 2.47. The molecule has 100 valence electrons.